The quantitative estimate of drug-likeness (QED) is 0.497. The molecule has 0 unspecified atom stereocenters. The van der Waals surface area contributed by atoms with Gasteiger partial charge < -0.3 is 4.74 Å². The van der Waals surface area contributed by atoms with Gasteiger partial charge in [0.15, 0.2) is 5.13 Å². The Bertz CT molecular complexity index is 1110. The smallest absolute Gasteiger partial charge is 0.379 e. The van der Waals surface area contributed by atoms with Gasteiger partial charge >= 0.3 is 6.18 Å². The molecule has 1 aliphatic rings. The number of carbonyl (C=O) groups excluding carboxylic acids is 1. The summed E-state index contributed by atoms with van der Waals surface area (Å²) in [5.74, 6) is -0.394. The highest BCUT2D eigenvalue weighted by atomic mass is 35.5. The van der Waals surface area contributed by atoms with Gasteiger partial charge in [0.25, 0.3) is 5.91 Å². The summed E-state index contributed by atoms with van der Waals surface area (Å²) in [6.07, 6.45) is -4.46. The molecule has 0 N–H and O–H groups in total. The zero-order valence-electron chi connectivity index (χ0n) is 17.3. The highest BCUT2D eigenvalue weighted by Gasteiger charge is 2.31. The number of alkyl halides is 3. The van der Waals surface area contributed by atoms with E-state index in [2.05, 4.69) is 9.88 Å². The number of fused-ring (bicyclic) bond motifs is 1. The van der Waals surface area contributed by atoms with Crippen LogP contribution in [0.3, 0.4) is 0 Å². The Kier molecular flexibility index (Phi) is 6.71. The van der Waals surface area contributed by atoms with Gasteiger partial charge in [-0.05, 0) is 48.9 Å². The van der Waals surface area contributed by atoms with Crippen molar-refractivity contribution in [1.29, 1.82) is 0 Å². The third-order valence-corrected chi connectivity index (χ3v) is 6.87. The minimum Gasteiger partial charge on any atom is -0.379 e. The van der Waals surface area contributed by atoms with Crippen LogP contribution in [-0.2, 0) is 10.9 Å². The van der Waals surface area contributed by atoms with E-state index in [9.17, 15) is 18.0 Å². The van der Waals surface area contributed by atoms with Crippen LogP contribution in [0.25, 0.3) is 10.2 Å². The SMILES string of the molecule is Cc1c(Cl)ccc2sc(N(CCN3CCOCC3)C(=O)c3ccc(C(F)(F)F)cc3)nc12. The van der Waals surface area contributed by atoms with Crippen molar-refractivity contribution in [2.75, 3.05) is 44.3 Å². The summed E-state index contributed by atoms with van der Waals surface area (Å²) in [7, 11) is 0. The molecule has 1 saturated heterocycles. The van der Waals surface area contributed by atoms with Crippen LogP contribution >= 0.6 is 22.9 Å². The molecule has 2 heterocycles. The molecule has 0 spiro atoms. The van der Waals surface area contributed by atoms with E-state index in [1.165, 1.54) is 28.4 Å². The minimum atomic E-state index is -4.46. The number of amides is 1. The van der Waals surface area contributed by atoms with Crippen LogP contribution in [0.1, 0.15) is 21.5 Å². The molecule has 0 radical (unpaired) electrons. The zero-order chi connectivity index (χ0) is 22.9. The number of thiazole rings is 1. The molecule has 1 fully saturated rings. The molecular weight excluding hydrogens is 463 g/mol. The van der Waals surface area contributed by atoms with Crippen molar-refractivity contribution in [2.45, 2.75) is 13.1 Å². The number of benzene rings is 2. The van der Waals surface area contributed by atoms with E-state index in [-0.39, 0.29) is 5.56 Å². The van der Waals surface area contributed by atoms with E-state index < -0.39 is 17.6 Å². The number of anilines is 1. The maximum atomic E-state index is 13.3. The van der Waals surface area contributed by atoms with Crippen molar-refractivity contribution in [2.24, 2.45) is 0 Å². The number of ether oxygens (including phenoxy) is 1. The van der Waals surface area contributed by atoms with E-state index in [1.54, 1.807) is 6.07 Å². The summed E-state index contributed by atoms with van der Waals surface area (Å²) >= 11 is 7.58. The monoisotopic (exact) mass is 483 g/mol. The van der Waals surface area contributed by atoms with Gasteiger partial charge in [0, 0.05) is 36.8 Å². The third kappa shape index (κ3) is 4.91. The molecule has 1 aliphatic heterocycles. The summed E-state index contributed by atoms with van der Waals surface area (Å²) < 4.78 is 45.0. The lowest BCUT2D eigenvalue weighted by Gasteiger charge is -2.29. The van der Waals surface area contributed by atoms with Crippen LogP contribution < -0.4 is 4.90 Å². The first-order valence-corrected chi connectivity index (χ1v) is 11.3. The molecule has 1 amide bonds. The molecule has 3 aromatic rings. The standard InChI is InChI=1S/C22H21ClF3N3O2S/c1-14-17(23)6-7-18-19(14)27-21(32-18)29(9-8-28-10-12-31-13-11-28)20(30)15-2-4-16(5-3-15)22(24,25)26/h2-7H,8-13H2,1H3. The Labute approximate surface area is 192 Å². The van der Waals surface area contributed by atoms with E-state index >= 15 is 0 Å². The molecule has 1 aromatic heterocycles. The molecule has 10 heteroatoms. The Hall–Kier alpha value is -2.20. The second-order valence-electron chi connectivity index (χ2n) is 7.50. The molecular formula is C22H21ClF3N3O2S. The molecule has 0 atom stereocenters. The van der Waals surface area contributed by atoms with Gasteiger partial charge in [-0.15, -0.1) is 0 Å². The van der Waals surface area contributed by atoms with Crippen molar-refractivity contribution >= 4 is 44.2 Å². The molecule has 5 nitrogen and oxygen atoms in total. The normalized spacial score (nSPS) is 15.3. The van der Waals surface area contributed by atoms with Crippen molar-refractivity contribution in [3.8, 4) is 0 Å². The van der Waals surface area contributed by atoms with Gasteiger partial charge in [-0.3, -0.25) is 14.6 Å². The number of carbonyl (C=O) groups is 1. The van der Waals surface area contributed by atoms with Gasteiger partial charge in [-0.2, -0.15) is 13.2 Å². The molecule has 2 aromatic carbocycles. The predicted octanol–water partition coefficient (Wildman–Crippen LogP) is 5.26. The van der Waals surface area contributed by atoms with E-state index in [0.29, 0.717) is 42.0 Å². The van der Waals surface area contributed by atoms with Crippen LogP contribution in [0, 0.1) is 6.92 Å². The molecule has 0 bridgehead atoms. The number of aromatic nitrogens is 1. The van der Waals surface area contributed by atoms with E-state index in [0.717, 1.165) is 35.5 Å². The van der Waals surface area contributed by atoms with Crippen LogP contribution in [0.4, 0.5) is 18.3 Å². The van der Waals surface area contributed by atoms with Crippen LogP contribution in [-0.4, -0.2) is 55.2 Å². The van der Waals surface area contributed by atoms with E-state index in [1.807, 2.05) is 13.0 Å². The molecule has 0 saturated carbocycles. The highest BCUT2D eigenvalue weighted by molar-refractivity contribution is 7.22. The Morgan fingerprint density at radius 1 is 1.19 bits per heavy atom. The summed E-state index contributed by atoms with van der Waals surface area (Å²) in [4.78, 5) is 21.7. The minimum absolute atomic E-state index is 0.175. The highest BCUT2D eigenvalue weighted by Crippen LogP contribution is 2.34. The Balaban J connectivity index is 1.65. The topological polar surface area (TPSA) is 45.7 Å². The second-order valence-corrected chi connectivity index (χ2v) is 8.92. The number of morpholine rings is 1. The van der Waals surface area contributed by atoms with Crippen LogP contribution in [0.2, 0.25) is 5.02 Å². The number of aryl methyl sites for hydroxylation is 1. The fraction of sp³-hybridized carbons (Fsp3) is 0.364. The Morgan fingerprint density at radius 3 is 2.53 bits per heavy atom. The summed E-state index contributed by atoms with van der Waals surface area (Å²) in [6.45, 7) is 5.60. The lowest BCUT2D eigenvalue weighted by atomic mass is 10.1. The number of rotatable bonds is 5. The summed E-state index contributed by atoms with van der Waals surface area (Å²) in [5.41, 5.74) is 0.920. The maximum absolute atomic E-state index is 13.3. The number of halogens is 4. The number of hydrogen-bond acceptors (Lipinski definition) is 5. The largest absolute Gasteiger partial charge is 0.416 e. The number of nitrogens with zero attached hydrogens (tertiary/aromatic N) is 3. The van der Waals surface area contributed by atoms with Gasteiger partial charge in [-0.1, -0.05) is 22.9 Å². The summed E-state index contributed by atoms with van der Waals surface area (Å²) in [5, 5.41) is 1.08. The molecule has 170 valence electrons. The van der Waals surface area contributed by atoms with Crippen LogP contribution in [0.15, 0.2) is 36.4 Å². The first-order chi connectivity index (χ1) is 15.2. The van der Waals surface area contributed by atoms with E-state index in [4.69, 9.17) is 16.3 Å². The van der Waals surface area contributed by atoms with Gasteiger partial charge in [0.2, 0.25) is 0 Å². The van der Waals surface area contributed by atoms with Crippen molar-refractivity contribution in [3.05, 3.63) is 58.1 Å². The number of hydrogen-bond donors (Lipinski definition) is 0. The van der Waals surface area contributed by atoms with Crippen LogP contribution in [0.5, 0.6) is 0 Å². The Morgan fingerprint density at radius 2 is 1.88 bits per heavy atom. The first kappa shape index (κ1) is 23.0. The third-order valence-electron chi connectivity index (χ3n) is 5.42. The average molecular weight is 484 g/mol. The van der Waals surface area contributed by atoms with Crippen molar-refractivity contribution < 1.29 is 22.7 Å². The lowest BCUT2D eigenvalue weighted by Crippen LogP contribution is -2.43. The fourth-order valence-electron chi connectivity index (χ4n) is 3.51. The summed E-state index contributed by atoms with van der Waals surface area (Å²) in [6, 6.07) is 7.92. The second kappa shape index (κ2) is 9.35. The lowest BCUT2D eigenvalue weighted by molar-refractivity contribution is -0.137. The van der Waals surface area contributed by atoms with Crippen molar-refractivity contribution in [1.82, 2.24) is 9.88 Å². The van der Waals surface area contributed by atoms with Gasteiger partial charge in [0.1, 0.15) is 0 Å². The molecule has 0 aliphatic carbocycles. The van der Waals surface area contributed by atoms with Gasteiger partial charge in [0.05, 0.1) is 29.0 Å². The first-order valence-electron chi connectivity index (χ1n) is 10.1. The molecule has 32 heavy (non-hydrogen) atoms. The predicted molar refractivity (Wildman–Crippen MR) is 120 cm³/mol. The fourth-order valence-corrected chi connectivity index (χ4v) is 4.71. The molecule has 4 rings (SSSR count). The zero-order valence-corrected chi connectivity index (χ0v) is 18.9. The average Bonchev–Trinajstić information content (AvgIpc) is 3.21. The maximum Gasteiger partial charge on any atom is 0.416 e. The van der Waals surface area contributed by atoms with Crippen molar-refractivity contribution in [3.63, 3.8) is 0 Å². The van der Waals surface area contributed by atoms with Gasteiger partial charge in [-0.25, -0.2) is 4.98 Å².